The van der Waals surface area contributed by atoms with Crippen molar-refractivity contribution in [2.45, 2.75) is 51.3 Å². The average molecular weight is 212 g/mol. The summed E-state index contributed by atoms with van der Waals surface area (Å²) in [5.74, 6) is 0. The van der Waals surface area contributed by atoms with Gasteiger partial charge in [0.25, 0.3) is 0 Å². The Bertz CT molecular complexity index is 192. The molecular weight excluding hydrogens is 188 g/mol. The summed E-state index contributed by atoms with van der Waals surface area (Å²) in [6.45, 7) is 9.03. The maximum atomic E-state index is 5.69. The highest BCUT2D eigenvalue weighted by Gasteiger charge is 2.34. The third kappa shape index (κ3) is 2.52. The second-order valence-electron chi connectivity index (χ2n) is 4.82. The maximum absolute atomic E-state index is 5.69. The molecule has 3 unspecified atom stereocenters. The lowest BCUT2D eigenvalue weighted by Crippen LogP contribution is -2.47. The van der Waals surface area contributed by atoms with Gasteiger partial charge in [-0.25, -0.2) is 0 Å². The third-order valence-electron chi connectivity index (χ3n) is 3.75. The van der Waals surface area contributed by atoms with E-state index in [2.05, 4.69) is 24.1 Å². The van der Waals surface area contributed by atoms with Crippen LogP contribution in [0.3, 0.4) is 0 Å². The second-order valence-corrected chi connectivity index (χ2v) is 4.82. The molecule has 0 aromatic heterocycles. The molecule has 0 aromatic rings. The molecule has 2 fully saturated rings. The molecule has 2 aliphatic heterocycles. The number of rotatable bonds is 4. The highest BCUT2D eigenvalue weighted by Crippen LogP contribution is 2.23. The van der Waals surface area contributed by atoms with E-state index >= 15 is 0 Å². The van der Waals surface area contributed by atoms with Crippen molar-refractivity contribution in [1.29, 1.82) is 0 Å². The quantitative estimate of drug-likeness (QED) is 0.759. The zero-order valence-electron chi connectivity index (χ0n) is 10.0. The van der Waals surface area contributed by atoms with Crippen molar-refractivity contribution in [3.63, 3.8) is 0 Å². The Morgan fingerprint density at radius 1 is 1.40 bits per heavy atom. The van der Waals surface area contributed by atoms with Crippen LogP contribution in [0.5, 0.6) is 0 Å². The first-order chi connectivity index (χ1) is 7.33. The maximum Gasteiger partial charge on any atom is 0.0703 e. The van der Waals surface area contributed by atoms with Crippen molar-refractivity contribution in [2.75, 3.05) is 26.2 Å². The standard InChI is InChI=1S/C12H24N2O/c1-3-7-14(11-4-6-13-9-11)12-5-8-15-10(12)2/h10-13H,3-9H2,1-2H3. The van der Waals surface area contributed by atoms with E-state index in [9.17, 15) is 0 Å². The predicted molar refractivity (Wildman–Crippen MR) is 62.1 cm³/mol. The normalized spacial score (nSPS) is 36.6. The number of nitrogens with zero attached hydrogens (tertiary/aromatic N) is 1. The molecule has 3 nitrogen and oxygen atoms in total. The molecule has 3 atom stereocenters. The van der Waals surface area contributed by atoms with Crippen LogP contribution in [0.2, 0.25) is 0 Å². The fourth-order valence-electron chi connectivity index (χ4n) is 2.96. The molecule has 0 spiro atoms. The summed E-state index contributed by atoms with van der Waals surface area (Å²) in [6.07, 6.45) is 4.21. The van der Waals surface area contributed by atoms with E-state index in [1.165, 1.54) is 38.9 Å². The van der Waals surface area contributed by atoms with Crippen molar-refractivity contribution in [1.82, 2.24) is 10.2 Å². The SMILES string of the molecule is CCCN(C1CCNC1)C1CCOC1C. The number of hydrogen-bond donors (Lipinski definition) is 1. The molecule has 0 amide bonds. The van der Waals surface area contributed by atoms with Crippen molar-refractivity contribution in [2.24, 2.45) is 0 Å². The summed E-state index contributed by atoms with van der Waals surface area (Å²) in [5, 5.41) is 3.47. The van der Waals surface area contributed by atoms with E-state index in [-0.39, 0.29) is 0 Å². The van der Waals surface area contributed by atoms with E-state index in [4.69, 9.17) is 4.74 Å². The highest BCUT2D eigenvalue weighted by molar-refractivity contribution is 4.89. The molecule has 3 heteroatoms. The van der Waals surface area contributed by atoms with Crippen LogP contribution in [-0.4, -0.2) is 49.3 Å². The molecule has 0 aliphatic carbocycles. The summed E-state index contributed by atoms with van der Waals surface area (Å²) in [6, 6.07) is 1.41. The molecule has 0 saturated carbocycles. The van der Waals surface area contributed by atoms with Gasteiger partial charge in [-0.15, -0.1) is 0 Å². The summed E-state index contributed by atoms with van der Waals surface area (Å²) in [4.78, 5) is 2.69. The number of nitrogens with one attached hydrogen (secondary N) is 1. The minimum Gasteiger partial charge on any atom is -0.377 e. The highest BCUT2D eigenvalue weighted by atomic mass is 16.5. The molecule has 2 rings (SSSR count). The molecule has 0 bridgehead atoms. The van der Waals surface area contributed by atoms with E-state index in [0.717, 1.165) is 12.6 Å². The van der Waals surface area contributed by atoms with Crippen LogP contribution >= 0.6 is 0 Å². The molecule has 2 heterocycles. The van der Waals surface area contributed by atoms with Crippen LogP contribution in [-0.2, 0) is 4.74 Å². The van der Waals surface area contributed by atoms with Gasteiger partial charge in [-0.05, 0) is 39.3 Å². The Balaban J connectivity index is 1.97. The average Bonchev–Trinajstić information content (AvgIpc) is 2.85. The van der Waals surface area contributed by atoms with E-state index < -0.39 is 0 Å². The van der Waals surface area contributed by atoms with Gasteiger partial charge in [0.15, 0.2) is 0 Å². The van der Waals surface area contributed by atoms with Crippen LogP contribution < -0.4 is 5.32 Å². The van der Waals surface area contributed by atoms with Gasteiger partial charge < -0.3 is 10.1 Å². The third-order valence-corrected chi connectivity index (χ3v) is 3.75. The summed E-state index contributed by atoms with van der Waals surface area (Å²) in [7, 11) is 0. The molecular formula is C12H24N2O. The Kier molecular flexibility index (Phi) is 4.00. The molecule has 0 aromatic carbocycles. The van der Waals surface area contributed by atoms with Gasteiger partial charge in [0.1, 0.15) is 0 Å². The summed E-state index contributed by atoms with van der Waals surface area (Å²) < 4.78 is 5.69. The van der Waals surface area contributed by atoms with Crippen molar-refractivity contribution < 1.29 is 4.74 Å². The zero-order chi connectivity index (χ0) is 10.7. The van der Waals surface area contributed by atoms with Gasteiger partial charge in [-0.1, -0.05) is 6.92 Å². The van der Waals surface area contributed by atoms with Gasteiger partial charge in [0.05, 0.1) is 6.10 Å². The van der Waals surface area contributed by atoms with Crippen LogP contribution in [0.25, 0.3) is 0 Å². The summed E-state index contributed by atoms with van der Waals surface area (Å²) in [5.41, 5.74) is 0. The van der Waals surface area contributed by atoms with Crippen molar-refractivity contribution >= 4 is 0 Å². The van der Waals surface area contributed by atoms with Crippen molar-refractivity contribution in [3.05, 3.63) is 0 Å². The van der Waals surface area contributed by atoms with Gasteiger partial charge in [0, 0.05) is 25.2 Å². The second kappa shape index (κ2) is 5.28. The largest absolute Gasteiger partial charge is 0.377 e. The minimum absolute atomic E-state index is 0.428. The first-order valence-corrected chi connectivity index (χ1v) is 6.41. The first kappa shape index (κ1) is 11.4. The Morgan fingerprint density at radius 2 is 2.27 bits per heavy atom. The smallest absolute Gasteiger partial charge is 0.0703 e. The van der Waals surface area contributed by atoms with E-state index in [1.807, 2.05) is 0 Å². The Hall–Kier alpha value is -0.120. The topological polar surface area (TPSA) is 24.5 Å². The fraction of sp³-hybridized carbons (Fsp3) is 1.00. The Morgan fingerprint density at radius 3 is 2.80 bits per heavy atom. The molecule has 2 saturated heterocycles. The van der Waals surface area contributed by atoms with Crippen LogP contribution in [0.1, 0.15) is 33.1 Å². The van der Waals surface area contributed by atoms with Gasteiger partial charge in [-0.3, -0.25) is 4.90 Å². The van der Waals surface area contributed by atoms with Crippen molar-refractivity contribution in [3.8, 4) is 0 Å². The fourth-order valence-corrected chi connectivity index (χ4v) is 2.96. The lowest BCUT2D eigenvalue weighted by atomic mass is 10.1. The van der Waals surface area contributed by atoms with Crippen LogP contribution in [0.15, 0.2) is 0 Å². The molecule has 1 N–H and O–H groups in total. The number of ether oxygens (including phenoxy) is 1. The molecule has 2 aliphatic rings. The summed E-state index contributed by atoms with van der Waals surface area (Å²) >= 11 is 0. The Labute approximate surface area is 93.2 Å². The van der Waals surface area contributed by atoms with Gasteiger partial charge in [0.2, 0.25) is 0 Å². The number of hydrogen-bond acceptors (Lipinski definition) is 3. The molecule has 15 heavy (non-hydrogen) atoms. The monoisotopic (exact) mass is 212 g/mol. The predicted octanol–water partition coefficient (Wildman–Crippen LogP) is 1.24. The zero-order valence-corrected chi connectivity index (χ0v) is 10.0. The molecule has 88 valence electrons. The lowest BCUT2D eigenvalue weighted by molar-refractivity contribution is 0.0570. The lowest BCUT2D eigenvalue weighted by Gasteiger charge is -2.35. The van der Waals surface area contributed by atoms with Crippen LogP contribution in [0, 0.1) is 0 Å². The molecule has 0 radical (unpaired) electrons. The van der Waals surface area contributed by atoms with E-state index in [1.54, 1.807) is 0 Å². The van der Waals surface area contributed by atoms with E-state index in [0.29, 0.717) is 12.1 Å². The minimum atomic E-state index is 0.428. The first-order valence-electron chi connectivity index (χ1n) is 6.41. The van der Waals surface area contributed by atoms with Gasteiger partial charge >= 0.3 is 0 Å². The van der Waals surface area contributed by atoms with Gasteiger partial charge in [-0.2, -0.15) is 0 Å². The van der Waals surface area contributed by atoms with Crippen LogP contribution in [0.4, 0.5) is 0 Å².